The van der Waals surface area contributed by atoms with Crippen molar-refractivity contribution < 1.29 is 27.8 Å². The normalized spacial score (nSPS) is 20.8. The predicted molar refractivity (Wildman–Crippen MR) is 160 cm³/mol. The summed E-state index contributed by atoms with van der Waals surface area (Å²) < 4.78 is 49.3. The lowest BCUT2D eigenvalue weighted by molar-refractivity contribution is -0.198. The number of nitrogens with two attached hydrogens (primary N) is 1. The lowest BCUT2D eigenvalue weighted by Crippen LogP contribution is -2.46. The molecule has 2 aliphatic rings. The Balaban J connectivity index is 1.43. The fourth-order valence-electron chi connectivity index (χ4n) is 6.27. The van der Waals surface area contributed by atoms with E-state index in [1.54, 1.807) is 0 Å². The van der Waals surface area contributed by atoms with Crippen LogP contribution in [0.3, 0.4) is 0 Å². The Kier molecular flexibility index (Phi) is 8.91. The van der Waals surface area contributed by atoms with Crippen LogP contribution in [0.1, 0.15) is 44.3 Å². The molecule has 43 heavy (non-hydrogen) atoms. The number of nitrogen functional groups attached to an aromatic ring is 1. The zero-order chi connectivity index (χ0) is 31.1. The fraction of sp³-hybridized carbons (Fsp3) is 0.414. The van der Waals surface area contributed by atoms with E-state index in [1.807, 2.05) is 11.8 Å². The van der Waals surface area contributed by atoms with Gasteiger partial charge in [-0.05, 0) is 72.6 Å². The van der Waals surface area contributed by atoms with Crippen LogP contribution >= 0.6 is 34.8 Å². The van der Waals surface area contributed by atoms with E-state index >= 15 is 0 Å². The molecule has 14 heteroatoms. The summed E-state index contributed by atoms with van der Waals surface area (Å²) in [6.07, 6.45) is -4.62. The Bertz CT molecular complexity index is 1500. The molecule has 3 heterocycles. The van der Waals surface area contributed by atoms with Crippen LogP contribution in [0.5, 0.6) is 5.88 Å². The van der Waals surface area contributed by atoms with Gasteiger partial charge in [0.05, 0.1) is 0 Å². The lowest BCUT2D eigenvalue weighted by Gasteiger charge is -2.43. The molecule has 3 aromatic rings. The van der Waals surface area contributed by atoms with Crippen molar-refractivity contribution in [1.29, 1.82) is 0 Å². The molecular formula is C29H29Cl3F3N5O3. The number of carbonyl (C=O) groups is 1. The van der Waals surface area contributed by atoms with Crippen LogP contribution in [0.2, 0.25) is 15.1 Å². The van der Waals surface area contributed by atoms with Crippen molar-refractivity contribution in [3.05, 3.63) is 63.1 Å². The molecule has 1 aromatic heterocycles. The Morgan fingerprint density at radius 2 is 1.79 bits per heavy atom. The smallest absolute Gasteiger partial charge is 0.429 e. The minimum absolute atomic E-state index is 0.0561. The molecular weight excluding hydrogens is 630 g/mol. The van der Waals surface area contributed by atoms with Gasteiger partial charge in [-0.3, -0.25) is 4.79 Å². The predicted octanol–water partition coefficient (Wildman–Crippen LogP) is 7.18. The summed E-state index contributed by atoms with van der Waals surface area (Å²) in [6, 6.07) is 9.20. The number of hydrogen-bond donors (Lipinski definition) is 3. The quantitative estimate of drug-likeness (QED) is 0.245. The van der Waals surface area contributed by atoms with Crippen LogP contribution in [-0.2, 0) is 4.79 Å². The topological polar surface area (TPSA) is 114 Å². The lowest BCUT2D eigenvalue weighted by atomic mass is 9.71. The molecule has 230 valence electrons. The fourth-order valence-corrected chi connectivity index (χ4v) is 6.97. The summed E-state index contributed by atoms with van der Waals surface area (Å²) in [5.41, 5.74) is 5.99. The molecule has 2 fully saturated rings. The molecule has 0 amide bonds. The largest absolute Gasteiger partial charge is 0.480 e. The van der Waals surface area contributed by atoms with Gasteiger partial charge in [-0.1, -0.05) is 47.8 Å². The Morgan fingerprint density at radius 3 is 2.40 bits per heavy atom. The van der Waals surface area contributed by atoms with E-state index in [0.29, 0.717) is 43.7 Å². The van der Waals surface area contributed by atoms with E-state index in [4.69, 9.17) is 45.3 Å². The highest BCUT2D eigenvalue weighted by Gasteiger charge is 2.50. The highest BCUT2D eigenvalue weighted by Crippen LogP contribution is 2.46. The number of nitrogens with one attached hydrogen (secondary N) is 1. The Labute approximate surface area is 261 Å². The number of rotatable bonds is 7. The maximum Gasteiger partial charge on any atom is 0.429 e. The number of alkyl halides is 3. The molecule has 2 aliphatic heterocycles. The first-order valence-corrected chi connectivity index (χ1v) is 14.8. The molecule has 0 radical (unpaired) electrons. The molecule has 2 saturated heterocycles. The maximum absolute atomic E-state index is 14.6. The molecule has 4 N–H and O–H groups in total. The van der Waals surface area contributed by atoms with Crippen LogP contribution in [0.15, 0.2) is 42.5 Å². The van der Waals surface area contributed by atoms with Crippen LogP contribution in [-0.4, -0.2) is 52.4 Å². The Morgan fingerprint density at radius 1 is 1.12 bits per heavy atom. The van der Waals surface area contributed by atoms with Crippen molar-refractivity contribution in [2.75, 3.05) is 23.7 Å². The molecule has 3 atom stereocenters. The monoisotopic (exact) mass is 657 g/mol. The molecule has 0 saturated carbocycles. The van der Waals surface area contributed by atoms with Gasteiger partial charge < -0.3 is 25.8 Å². The maximum atomic E-state index is 14.6. The van der Waals surface area contributed by atoms with E-state index in [-0.39, 0.29) is 49.5 Å². The third kappa shape index (κ3) is 6.74. The van der Waals surface area contributed by atoms with Gasteiger partial charge in [0.15, 0.2) is 0 Å². The van der Waals surface area contributed by atoms with Crippen molar-refractivity contribution in [2.24, 2.45) is 5.41 Å². The molecule has 8 nitrogen and oxygen atoms in total. The van der Waals surface area contributed by atoms with Gasteiger partial charge in [-0.2, -0.15) is 23.1 Å². The molecule has 5 rings (SSSR count). The van der Waals surface area contributed by atoms with E-state index in [1.165, 1.54) is 42.5 Å². The van der Waals surface area contributed by atoms with E-state index in [2.05, 4.69) is 15.3 Å². The standard InChI is InChI=1S/C29H29Cl3F3N5O3/c1-2-22-28(14-21(37-22)26(41)42)5-7-40(8-6-28)23-13-24(39-27(36)38-23)43-25(29(33,34)35)19-4-3-16(30)12-20(19)15-9-17(31)11-18(32)10-15/h3-4,9-13,21-22,25,37H,2,5-8,14H2,1H3,(H,41,42)(H2,36,38,39)/t21?,22?,25-/m1/s1. The molecule has 2 aromatic carbocycles. The van der Waals surface area contributed by atoms with Gasteiger partial charge in [0.2, 0.25) is 17.9 Å². The number of carboxylic acid groups (broad SMARTS) is 1. The van der Waals surface area contributed by atoms with E-state index in [0.717, 1.165) is 6.42 Å². The number of aliphatic carboxylic acids is 1. The highest BCUT2D eigenvalue weighted by molar-refractivity contribution is 6.35. The Hall–Kier alpha value is -2.99. The second kappa shape index (κ2) is 12.2. The van der Waals surface area contributed by atoms with Crippen LogP contribution in [0, 0.1) is 5.41 Å². The van der Waals surface area contributed by atoms with Crippen molar-refractivity contribution in [1.82, 2.24) is 15.3 Å². The van der Waals surface area contributed by atoms with Crippen molar-refractivity contribution >= 4 is 52.5 Å². The number of piperidine rings is 1. The minimum atomic E-state index is -4.85. The van der Waals surface area contributed by atoms with Crippen molar-refractivity contribution in [2.45, 2.75) is 57.0 Å². The number of halogens is 6. The number of benzene rings is 2. The van der Waals surface area contributed by atoms with Gasteiger partial charge in [0.1, 0.15) is 11.9 Å². The number of aromatic nitrogens is 2. The highest BCUT2D eigenvalue weighted by atomic mass is 35.5. The number of hydrogen-bond acceptors (Lipinski definition) is 7. The van der Waals surface area contributed by atoms with Crippen molar-refractivity contribution in [3.63, 3.8) is 0 Å². The second-order valence-electron chi connectivity index (χ2n) is 10.9. The summed E-state index contributed by atoms with van der Waals surface area (Å²) in [5, 5.41) is 13.5. The first-order chi connectivity index (χ1) is 20.3. The second-order valence-corrected chi connectivity index (χ2v) is 12.2. The van der Waals surface area contributed by atoms with E-state index in [9.17, 15) is 23.1 Å². The molecule has 0 aliphatic carbocycles. The molecule has 1 spiro atoms. The molecule has 2 unspecified atom stereocenters. The zero-order valence-corrected chi connectivity index (χ0v) is 25.2. The minimum Gasteiger partial charge on any atom is -0.480 e. The average Bonchev–Trinajstić information content (AvgIpc) is 3.29. The third-order valence-electron chi connectivity index (χ3n) is 8.26. The van der Waals surface area contributed by atoms with Gasteiger partial charge >= 0.3 is 12.1 Å². The van der Waals surface area contributed by atoms with Gasteiger partial charge in [-0.15, -0.1) is 0 Å². The first-order valence-electron chi connectivity index (χ1n) is 13.7. The summed E-state index contributed by atoms with van der Waals surface area (Å²) in [4.78, 5) is 21.8. The summed E-state index contributed by atoms with van der Waals surface area (Å²) in [6.45, 7) is 3.05. The number of ether oxygens (including phenoxy) is 1. The number of carboxylic acids is 1. The van der Waals surface area contributed by atoms with Gasteiger partial charge in [-0.25, -0.2) is 0 Å². The summed E-state index contributed by atoms with van der Waals surface area (Å²) in [5.74, 6) is -1.14. The third-order valence-corrected chi connectivity index (χ3v) is 8.93. The van der Waals surface area contributed by atoms with Crippen LogP contribution in [0.25, 0.3) is 11.1 Å². The van der Waals surface area contributed by atoms with Gasteiger partial charge in [0, 0.05) is 45.8 Å². The van der Waals surface area contributed by atoms with Crippen LogP contribution < -0.4 is 20.7 Å². The summed E-state index contributed by atoms with van der Waals surface area (Å²) >= 11 is 18.5. The van der Waals surface area contributed by atoms with Crippen LogP contribution in [0.4, 0.5) is 24.9 Å². The number of nitrogens with zero attached hydrogens (tertiary/aromatic N) is 3. The van der Waals surface area contributed by atoms with Crippen molar-refractivity contribution in [3.8, 4) is 17.0 Å². The first kappa shape index (κ1) is 31.4. The average molecular weight is 659 g/mol. The zero-order valence-electron chi connectivity index (χ0n) is 23.0. The summed E-state index contributed by atoms with van der Waals surface area (Å²) in [7, 11) is 0. The van der Waals surface area contributed by atoms with Gasteiger partial charge in [0.25, 0.3) is 0 Å². The molecule has 0 bridgehead atoms. The van der Waals surface area contributed by atoms with E-state index < -0.39 is 24.3 Å². The number of anilines is 2. The SMILES string of the molecule is CCC1NC(C(=O)O)CC12CCN(c1cc(O[C@H](c3ccc(Cl)cc3-c3cc(Cl)cc(Cl)c3)C(F)(F)F)nc(N)n1)CC2.